The van der Waals surface area contributed by atoms with Crippen molar-refractivity contribution in [2.45, 2.75) is 17.2 Å². The number of hydrogen-bond donors (Lipinski definition) is 1. The fourth-order valence-corrected chi connectivity index (χ4v) is 3.84. The van der Waals surface area contributed by atoms with Crippen molar-refractivity contribution in [1.29, 1.82) is 0 Å². The highest BCUT2D eigenvalue weighted by Gasteiger charge is 2.31. The van der Waals surface area contributed by atoms with Crippen molar-refractivity contribution in [3.05, 3.63) is 35.4 Å². The highest BCUT2D eigenvalue weighted by Crippen LogP contribution is 2.39. The van der Waals surface area contributed by atoms with E-state index in [1.807, 2.05) is 12.1 Å². The van der Waals surface area contributed by atoms with Gasteiger partial charge in [0.15, 0.2) is 9.84 Å². The zero-order valence-corrected chi connectivity index (χ0v) is 10.6. The molecule has 0 fully saturated rings. The van der Waals surface area contributed by atoms with Gasteiger partial charge in [-0.15, -0.1) is 0 Å². The fourth-order valence-electron chi connectivity index (χ4n) is 2.18. The SMILES string of the molecule is CC1Nc2ccc(Cl)c3cccc(c23)S1(=O)=O. The smallest absolute Gasteiger partial charge is 0.199 e. The van der Waals surface area contributed by atoms with Gasteiger partial charge < -0.3 is 5.32 Å². The van der Waals surface area contributed by atoms with E-state index >= 15 is 0 Å². The Hall–Kier alpha value is -1.26. The lowest BCUT2D eigenvalue weighted by molar-refractivity contribution is 0.588. The predicted octanol–water partition coefficient (Wildman–Crippen LogP) is 3.04. The van der Waals surface area contributed by atoms with Crippen molar-refractivity contribution in [3.63, 3.8) is 0 Å². The van der Waals surface area contributed by atoms with E-state index in [2.05, 4.69) is 5.32 Å². The quantitative estimate of drug-likeness (QED) is 0.798. The summed E-state index contributed by atoms with van der Waals surface area (Å²) >= 11 is 6.09. The van der Waals surface area contributed by atoms with E-state index in [1.165, 1.54) is 0 Å². The minimum atomic E-state index is -3.31. The van der Waals surface area contributed by atoms with Crippen LogP contribution in [0.15, 0.2) is 35.2 Å². The van der Waals surface area contributed by atoms with Gasteiger partial charge in [0, 0.05) is 21.5 Å². The molecule has 0 aliphatic carbocycles. The lowest BCUT2D eigenvalue weighted by Gasteiger charge is -2.25. The van der Waals surface area contributed by atoms with Gasteiger partial charge in [0.05, 0.1) is 4.90 Å². The van der Waals surface area contributed by atoms with Crippen molar-refractivity contribution >= 4 is 37.9 Å². The van der Waals surface area contributed by atoms with E-state index < -0.39 is 15.2 Å². The molecule has 1 unspecified atom stereocenters. The topological polar surface area (TPSA) is 46.2 Å². The standard InChI is InChI=1S/C12H10ClNO2S/c1-7-14-10-6-5-9(13)8-3-2-4-11(12(8)10)17(7,15)16/h2-7,14H,1H3. The maximum Gasteiger partial charge on any atom is 0.199 e. The zero-order valence-electron chi connectivity index (χ0n) is 9.07. The number of rotatable bonds is 0. The molecule has 3 rings (SSSR count). The van der Waals surface area contributed by atoms with Crippen molar-refractivity contribution in [2.75, 3.05) is 5.32 Å². The Bertz CT molecular complexity index is 725. The zero-order chi connectivity index (χ0) is 12.2. The fraction of sp³-hybridized carbons (Fsp3) is 0.167. The van der Waals surface area contributed by atoms with Gasteiger partial charge in [-0.05, 0) is 25.1 Å². The number of sulfone groups is 1. The molecule has 1 aliphatic rings. The van der Waals surface area contributed by atoms with Crippen LogP contribution < -0.4 is 5.32 Å². The maximum atomic E-state index is 12.2. The van der Waals surface area contributed by atoms with Gasteiger partial charge in [-0.2, -0.15) is 0 Å². The molecule has 0 radical (unpaired) electrons. The average molecular weight is 268 g/mol. The van der Waals surface area contributed by atoms with Crippen molar-refractivity contribution in [3.8, 4) is 0 Å². The Morgan fingerprint density at radius 3 is 2.76 bits per heavy atom. The predicted molar refractivity (Wildman–Crippen MR) is 69.2 cm³/mol. The number of anilines is 1. The molecule has 1 atom stereocenters. The van der Waals surface area contributed by atoms with Crippen LogP contribution in [0.3, 0.4) is 0 Å². The lowest BCUT2D eigenvalue weighted by Crippen LogP contribution is -2.30. The summed E-state index contributed by atoms with van der Waals surface area (Å²) in [6, 6.07) is 8.79. The number of benzene rings is 2. The maximum absolute atomic E-state index is 12.2. The second-order valence-corrected chi connectivity index (χ2v) is 6.75. The van der Waals surface area contributed by atoms with E-state index in [-0.39, 0.29) is 0 Å². The number of halogens is 1. The molecule has 3 nitrogen and oxygen atoms in total. The lowest BCUT2D eigenvalue weighted by atomic mass is 10.1. The van der Waals surface area contributed by atoms with Gasteiger partial charge in [0.1, 0.15) is 5.37 Å². The van der Waals surface area contributed by atoms with Crippen LogP contribution >= 0.6 is 11.6 Å². The highest BCUT2D eigenvalue weighted by molar-refractivity contribution is 7.92. The third-order valence-electron chi connectivity index (χ3n) is 3.08. The van der Waals surface area contributed by atoms with Crippen molar-refractivity contribution in [1.82, 2.24) is 0 Å². The first-order valence-electron chi connectivity index (χ1n) is 5.23. The molecule has 0 saturated heterocycles. The second-order valence-electron chi connectivity index (χ2n) is 4.11. The van der Waals surface area contributed by atoms with Crippen LogP contribution in [0.4, 0.5) is 5.69 Å². The number of nitrogens with one attached hydrogen (secondary N) is 1. The molecule has 1 N–H and O–H groups in total. The van der Waals surface area contributed by atoms with E-state index in [1.54, 1.807) is 25.1 Å². The van der Waals surface area contributed by atoms with Gasteiger partial charge in [-0.25, -0.2) is 8.42 Å². The Morgan fingerprint density at radius 1 is 1.24 bits per heavy atom. The van der Waals surface area contributed by atoms with Gasteiger partial charge in [-0.1, -0.05) is 23.7 Å². The molecule has 2 aromatic rings. The molecular weight excluding hydrogens is 258 g/mol. The van der Waals surface area contributed by atoms with Crippen LogP contribution in [0, 0.1) is 0 Å². The Morgan fingerprint density at radius 2 is 2.00 bits per heavy atom. The molecular formula is C12H10ClNO2S. The molecule has 1 heterocycles. The third kappa shape index (κ3) is 1.37. The van der Waals surface area contributed by atoms with Gasteiger partial charge in [0.25, 0.3) is 0 Å². The highest BCUT2D eigenvalue weighted by atomic mass is 35.5. The monoisotopic (exact) mass is 267 g/mol. The van der Waals surface area contributed by atoms with Crippen molar-refractivity contribution < 1.29 is 8.42 Å². The van der Waals surface area contributed by atoms with Gasteiger partial charge >= 0.3 is 0 Å². The minimum absolute atomic E-state index is 0.360. The minimum Gasteiger partial charge on any atom is -0.368 e. The molecule has 88 valence electrons. The molecule has 2 aromatic carbocycles. The summed E-state index contributed by atoms with van der Waals surface area (Å²) in [5.41, 5.74) is 0.822. The van der Waals surface area contributed by atoms with Crippen LogP contribution in [-0.2, 0) is 9.84 Å². The molecule has 0 spiro atoms. The van der Waals surface area contributed by atoms with Crippen LogP contribution in [0.1, 0.15) is 6.92 Å². The largest absolute Gasteiger partial charge is 0.368 e. The van der Waals surface area contributed by atoms with Crippen LogP contribution in [0.2, 0.25) is 5.02 Å². The molecule has 5 heteroatoms. The summed E-state index contributed by atoms with van der Waals surface area (Å²) in [5, 5.41) is 4.41. The molecule has 0 bridgehead atoms. The first kappa shape index (κ1) is 10.9. The van der Waals surface area contributed by atoms with E-state index in [4.69, 9.17) is 11.6 Å². The molecule has 0 amide bonds. The van der Waals surface area contributed by atoms with Gasteiger partial charge in [0.2, 0.25) is 0 Å². The van der Waals surface area contributed by atoms with Crippen LogP contribution in [-0.4, -0.2) is 13.8 Å². The Kier molecular flexibility index (Phi) is 2.15. The summed E-state index contributed by atoms with van der Waals surface area (Å²) in [4.78, 5) is 0.360. The molecule has 0 saturated carbocycles. The molecule has 17 heavy (non-hydrogen) atoms. The van der Waals surface area contributed by atoms with Crippen LogP contribution in [0.25, 0.3) is 10.8 Å². The molecule has 0 aromatic heterocycles. The Labute approximate surface area is 104 Å². The Balaban J connectivity index is 2.56. The van der Waals surface area contributed by atoms with Crippen LogP contribution in [0.5, 0.6) is 0 Å². The van der Waals surface area contributed by atoms with E-state index in [0.29, 0.717) is 15.3 Å². The second kappa shape index (κ2) is 3.37. The van der Waals surface area contributed by atoms with E-state index in [0.717, 1.165) is 11.1 Å². The summed E-state index contributed by atoms with van der Waals surface area (Å²) < 4.78 is 24.4. The molecule has 1 aliphatic heterocycles. The number of hydrogen-bond acceptors (Lipinski definition) is 3. The third-order valence-corrected chi connectivity index (χ3v) is 5.41. The van der Waals surface area contributed by atoms with E-state index in [9.17, 15) is 8.42 Å². The van der Waals surface area contributed by atoms with Gasteiger partial charge in [-0.3, -0.25) is 0 Å². The summed E-state index contributed by atoms with van der Waals surface area (Å²) in [7, 11) is -3.31. The first-order valence-corrected chi connectivity index (χ1v) is 7.16. The normalized spacial score (nSPS) is 21.2. The summed E-state index contributed by atoms with van der Waals surface area (Å²) in [6.45, 7) is 1.64. The summed E-state index contributed by atoms with van der Waals surface area (Å²) in [6.07, 6.45) is 0. The van der Waals surface area contributed by atoms with Crippen molar-refractivity contribution in [2.24, 2.45) is 0 Å². The summed E-state index contributed by atoms with van der Waals surface area (Å²) in [5.74, 6) is 0. The first-order chi connectivity index (χ1) is 8.01. The average Bonchev–Trinajstić information content (AvgIpc) is 2.30.